The van der Waals surface area contributed by atoms with Crippen LogP contribution < -0.4 is 5.32 Å². The summed E-state index contributed by atoms with van der Waals surface area (Å²) in [4.78, 5) is 0.331. The van der Waals surface area contributed by atoms with Crippen LogP contribution in [0.4, 0.5) is 5.69 Å². The first-order valence-electron chi connectivity index (χ1n) is 6.20. The smallest absolute Gasteiger partial charge is 0.245 e. The summed E-state index contributed by atoms with van der Waals surface area (Å²) in [7, 11) is -0.0653. The van der Waals surface area contributed by atoms with E-state index in [1.165, 1.54) is 4.31 Å². The van der Waals surface area contributed by atoms with E-state index in [1.807, 2.05) is 13.0 Å². The van der Waals surface area contributed by atoms with E-state index in [9.17, 15) is 8.42 Å². The molecule has 0 aliphatic carbocycles. The van der Waals surface area contributed by atoms with Crippen LogP contribution in [0.5, 0.6) is 0 Å². The molecule has 0 heterocycles. The van der Waals surface area contributed by atoms with Crippen molar-refractivity contribution in [2.24, 2.45) is 0 Å². The van der Waals surface area contributed by atoms with Crippen LogP contribution in [0.1, 0.15) is 26.7 Å². The van der Waals surface area contributed by atoms with Gasteiger partial charge in [-0.3, -0.25) is 0 Å². The van der Waals surface area contributed by atoms with Gasteiger partial charge in [-0.2, -0.15) is 4.31 Å². The molecule has 1 unspecified atom stereocenters. The summed E-state index contributed by atoms with van der Waals surface area (Å²) >= 11 is 0. The number of nitrogens with one attached hydrogen (secondary N) is 1. The van der Waals surface area contributed by atoms with Crippen molar-refractivity contribution in [3.63, 3.8) is 0 Å². The fourth-order valence-electron chi connectivity index (χ4n) is 1.89. The van der Waals surface area contributed by atoms with Gasteiger partial charge in [0.25, 0.3) is 0 Å². The average molecular weight is 270 g/mol. The van der Waals surface area contributed by atoms with Crippen molar-refractivity contribution in [1.29, 1.82) is 0 Å². The molecule has 1 atom stereocenters. The Morgan fingerprint density at radius 2 is 1.94 bits per heavy atom. The zero-order valence-electron chi connectivity index (χ0n) is 11.5. The highest BCUT2D eigenvalue weighted by Gasteiger charge is 2.26. The predicted molar refractivity (Wildman–Crippen MR) is 75.3 cm³/mol. The topological polar surface area (TPSA) is 49.4 Å². The summed E-state index contributed by atoms with van der Waals surface area (Å²) in [6.45, 7) is 3.99. The zero-order valence-corrected chi connectivity index (χ0v) is 12.3. The van der Waals surface area contributed by atoms with Crippen LogP contribution in [0.25, 0.3) is 0 Å². The van der Waals surface area contributed by atoms with Gasteiger partial charge in [0.2, 0.25) is 10.0 Å². The fraction of sp³-hybridized carbons (Fsp3) is 0.538. The van der Waals surface area contributed by atoms with Crippen molar-refractivity contribution in [2.45, 2.75) is 37.6 Å². The monoisotopic (exact) mass is 270 g/mol. The molecule has 5 heteroatoms. The van der Waals surface area contributed by atoms with Gasteiger partial charge in [-0.15, -0.1) is 0 Å². The van der Waals surface area contributed by atoms with Gasteiger partial charge in [0.05, 0.1) is 5.69 Å². The molecular formula is C13H22N2O2S. The largest absolute Gasteiger partial charge is 0.387 e. The van der Waals surface area contributed by atoms with Crippen molar-refractivity contribution in [3.8, 4) is 0 Å². The maximum atomic E-state index is 12.5. The van der Waals surface area contributed by atoms with Crippen molar-refractivity contribution in [3.05, 3.63) is 24.3 Å². The fourth-order valence-corrected chi connectivity index (χ4v) is 3.48. The number of para-hydroxylation sites is 1. The standard InChI is InChI=1S/C13H22N2O2S/c1-5-8-11(2)15(4)18(16,17)13-10-7-6-9-12(13)14-3/h6-7,9-11,14H,5,8H2,1-4H3. The first-order valence-corrected chi connectivity index (χ1v) is 7.64. The molecule has 1 rings (SSSR count). The summed E-state index contributed by atoms with van der Waals surface area (Å²) in [6.07, 6.45) is 1.83. The minimum Gasteiger partial charge on any atom is -0.387 e. The van der Waals surface area contributed by atoms with Crippen LogP contribution in [-0.4, -0.2) is 32.9 Å². The van der Waals surface area contributed by atoms with Crippen LogP contribution in [0.2, 0.25) is 0 Å². The lowest BCUT2D eigenvalue weighted by molar-refractivity contribution is 0.369. The molecule has 0 aliphatic heterocycles. The number of anilines is 1. The van der Waals surface area contributed by atoms with E-state index in [0.29, 0.717) is 10.6 Å². The number of rotatable bonds is 6. The zero-order chi connectivity index (χ0) is 13.8. The Kier molecular flexibility index (Phi) is 5.16. The van der Waals surface area contributed by atoms with E-state index < -0.39 is 10.0 Å². The van der Waals surface area contributed by atoms with Crippen LogP contribution in [0.3, 0.4) is 0 Å². The second-order valence-electron chi connectivity index (χ2n) is 4.41. The first kappa shape index (κ1) is 15.0. The molecule has 0 aromatic heterocycles. The molecule has 0 radical (unpaired) electrons. The Bertz CT molecular complexity index is 486. The van der Waals surface area contributed by atoms with Crippen molar-refractivity contribution in [1.82, 2.24) is 4.31 Å². The molecule has 1 aromatic carbocycles. The number of sulfonamides is 1. The van der Waals surface area contributed by atoms with Gasteiger partial charge in [0.15, 0.2) is 0 Å². The Balaban J connectivity index is 3.13. The predicted octanol–water partition coefficient (Wildman–Crippen LogP) is 2.54. The quantitative estimate of drug-likeness (QED) is 0.864. The Labute approximate surface area is 110 Å². The average Bonchev–Trinajstić information content (AvgIpc) is 2.38. The van der Waals surface area contributed by atoms with Crippen LogP contribution in [-0.2, 0) is 10.0 Å². The number of hydrogen-bond acceptors (Lipinski definition) is 3. The summed E-state index contributed by atoms with van der Waals surface area (Å²) in [5, 5.41) is 2.92. The van der Waals surface area contributed by atoms with Gasteiger partial charge < -0.3 is 5.32 Å². The van der Waals surface area contributed by atoms with Gasteiger partial charge >= 0.3 is 0 Å². The molecule has 102 valence electrons. The Morgan fingerprint density at radius 1 is 1.33 bits per heavy atom. The van der Waals surface area contributed by atoms with E-state index in [-0.39, 0.29) is 6.04 Å². The van der Waals surface area contributed by atoms with E-state index in [0.717, 1.165) is 12.8 Å². The number of hydrogen-bond donors (Lipinski definition) is 1. The molecule has 0 aliphatic rings. The lowest BCUT2D eigenvalue weighted by Crippen LogP contribution is -2.35. The molecule has 1 N–H and O–H groups in total. The van der Waals surface area contributed by atoms with E-state index >= 15 is 0 Å². The molecule has 0 saturated heterocycles. The third-order valence-electron chi connectivity index (χ3n) is 3.14. The van der Waals surface area contributed by atoms with Gasteiger partial charge in [0.1, 0.15) is 4.90 Å². The van der Waals surface area contributed by atoms with Gasteiger partial charge in [-0.1, -0.05) is 25.5 Å². The molecule has 0 fully saturated rings. The maximum absolute atomic E-state index is 12.5. The highest BCUT2D eigenvalue weighted by Crippen LogP contribution is 2.25. The highest BCUT2D eigenvalue weighted by molar-refractivity contribution is 7.89. The minimum atomic E-state index is -3.43. The Hall–Kier alpha value is -1.07. The van der Waals surface area contributed by atoms with E-state index in [2.05, 4.69) is 12.2 Å². The van der Waals surface area contributed by atoms with Gasteiger partial charge in [-0.05, 0) is 25.5 Å². The number of benzene rings is 1. The molecule has 1 aromatic rings. The lowest BCUT2D eigenvalue weighted by atomic mass is 10.2. The second-order valence-corrected chi connectivity index (χ2v) is 6.37. The van der Waals surface area contributed by atoms with Gasteiger partial charge in [-0.25, -0.2) is 8.42 Å². The highest BCUT2D eigenvalue weighted by atomic mass is 32.2. The lowest BCUT2D eigenvalue weighted by Gasteiger charge is -2.25. The molecule has 4 nitrogen and oxygen atoms in total. The third-order valence-corrected chi connectivity index (χ3v) is 5.17. The van der Waals surface area contributed by atoms with Crippen LogP contribution in [0.15, 0.2) is 29.2 Å². The number of nitrogens with zero attached hydrogens (tertiary/aromatic N) is 1. The Morgan fingerprint density at radius 3 is 2.50 bits per heavy atom. The van der Waals surface area contributed by atoms with E-state index in [4.69, 9.17) is 0 Å². The third kappa shape index (κ3) is 3.03. The summed E-state index contributed by atoms with van der Waals surface area (Å²) < 4.78 is 26.5. The summed E-state index contributed by atoms with van der Waals surface area (Å²) in [5.74, 6) is 0. The summed E-state index contributed by atoms with van der Waals surface area (Å²) in [5.41, 5.74) is 0.632. The molecule has 0 saturated carbocycles. The summed E-state index contributed by atoms with van der Waals surface area (Å²) in [6, 6.07) is 6.97. The van der Waals surface area contributed by atoms with Crippen LogP contribution >= 0.6 is 0 Å². The normalized spacial score (nSPS) is 13.6. The van der Waals surface area contributed by atoms with Crippen molar-refractivity contribution >= 4 is 15.7 Å². The minimum absolute atomic E-state index is 0.00455. The van der Waals surface area contributed by atoms with Gasteiger partial charge in [0, 0.05) is 20.1 Å². The molecule has 0 amide bonds. The SMILES string of the molecule is CCCC(C)N(C)S(=O)(=O)c1ccccc1NC. The molecule has 18 heavy (non-hydrogen) atoms. The molecule has 0 bridgehead atoms. The first-order chi connectivity index (χ1) is 8.45. The maximum Gasteiger partial charge on any atom is 0.245 e. The van der Waals surface area contributed by atoms with E-state index in [1.54, 1.807) is 32.3 Å². The van der Waals surface area contributed by atoms with Crippen molar-refractivity contribution in [2.75, 3.05) is 19.4 Å². The van der Waals surface area contributed by atoms with Crippen molar-refractivity contribution < 1.29 is 8.42 Å². The molecular weight excluding hydrogens is 248 g/mol. The molecule has 0 spiro atoms. The van der Waals surface area contributed by atoms with Crippen LogP contribution in [0, 0.1) is 0 Å². The second kappa shape index (κ2) is 6.20.